The van der Waals surface area contributed by atoms with Crippen LogP contribution in [0.5, 0.6) is 0 Å². The van der Waals surface area contributed by atoms with Gasteiger partial charge in [0.25, 0.3) is 5.91 Å². The Morgan fingerprint density at radius 2 is 2.04 bits per heavy atom. The number of hydrogen-bond donors (Lipinski definition) is 2. The fourth-order valence-corrected chi connectivity index (χ4v) is 4.09. The molecule has 4 rings (SSSR count). The number of aromatic nitrogens is 3. The average Bonchev–Trinajstić information content (AvgIpc) is 2.99. The van der Waals surface area contributed by atoms with E-state index in [4.69, 9.17) is 0 Å². The third kappa shape index (κ3) is 2.63. The van der Waals surface area contributed by atoms with Gasteiger partial charge in [0, 0.05) is 11.1 Å². The minimum atomic E-state index is -0.290. The molecule has 6 nitrogen and oxygen atoms in total. The first kappa shape index (κ1) is 14.1. The fraction of sp³-hybridized carbons (Fsp3) is 0.250. The van der Waals surface area contributed by atoms with E-state index in [0.717, 1.165) is 23.1 Å². The van der Waals surface area contributed by atoms with Crippen LogP contribution in [-0.2, 0) is 12.8 Å². The van der Waals surface area contributed by atoms with Crippen molar-refractivity contribution in [2.24, 2.45) is 0 Å². The maximum absolute atomic E-state index is 12.1. The molecule has 1 amide bonds. The summed E-state index contributed by atoms with van der Waals surface area (Å²) in [5, 5.41) is 1.04. The van der Waals surface area contributed by atoms with Gasteiger partial charge in [0.2, 0.25) is 0 Å². The first-order chi connectivity index (χ1) is 11.3. The molecule has 7 heteroatoms. The predicted octanol–water partition coefficient (Wildman–Crippen LogP) is 2.72. The minimum absolute atomic E-state index is 0.290. The van der Waals surface area contributed by atoms with Crippen LogP contribution >= 0.6 is 11.3 Å². The van der Waals surface area contributed by atoms with E-state index in [1.807, 2.05) is 0 Å². The zero-order chi connectivity index (χ0) is 15.6. The van der Waals surface area contributed by atoms with Crippen molar-refractivity contribution in [2.45, 2.75) is 25.7 Å². The molecular weight excluding hydrogens is 310 g/mol. The standard InChI is InChI=1S/C16H15N5OS/c22-15(11-6-3-4-8-17-11)21-20-14-13-10-5-1-2-7-12(10)23-16(13)19-9-18-14/h3-4,6,8-9H,1-2,5,7H2,(H,21,22)(H,18,19,20). The molecular formula is C16H15N5OS. The molecule has 0 aliphatic heterocycles. The maximum Gasteiger partial charge on any atom is 0.288 e. The number of carbonyl (C=O) groups excluding carboxylic acids is 1. The molecule has 0 saturated heterocycles. The van der Waals surface area contributed by atoms with E-state index in [9.17, 15) is 4.79 Å². The molecule has 116 valence electrons. The van der Waals surface area contributed by atoms with Crippen molar-refractivity contribution in [3.05, 3.63) is 46.9 Å². The molecule has 0 radical (unpaired) electrons. The molecule has 0 saturated carbocycles. The van der Waals surface area contributed by atoms with Crippen LogP contribution in [0, 0.1) is 0 Å². The van der Waals surface area contributed by atoms with Crippen LogP contribution in [-0.4, -0.2) is 20.9 Å². The summed E-state index contributed by atoms with van der Waals surface area (Å²) in [5.41, 5.74) is 7.29. The van der Waals surface area contributed by atoms with Crippen molar-refractivity contribution in [2.75, 3.05) is 5.43 Å². The van der Waals surface area contributed by atoms with Gasteiger partial charge in [-0.1, -0.05) is 6.07 Å². The molecule has 0 atom stereocenters. The summed E-state index contributed by atoms with van der Waals surface area (Å²) in [5.74, 6) is 0.361. The normalized spacial score (nSPS) is 13.6. The van der Waals surface area contributed by atoms with Crippen molar-refractivity contribution in [1.82, 2.24) is 20.4 Å². The lowest BCUT2D eigenvalue weighted by atomic mass is 9.97. The quantitative estimate of drug-likeness (QED) is 0.724. The second-order valence-electron chi connectivity index (χ2n) is 5.41. The summed E-state index contributed by atoms with van der Waals surface area (Å²) < 4.78 is 0. The van der Waals surface area contributed by atoms with E-state index in [1.165, 1.54) is 29.6 Å². The number of aryl methyl sites for hydroxylation is 2. The first-order valence-corrected chi connectivity index (χ1v) is 8.37. The van der Waals surface area contributed by atoms with Gasteiger partial charge in [-0.3, -0.25) is 20.6 Å². The number of hydrazine groups is 1. The lowest BCUT2D eigenvalue weighted by Crippen LogP contribution is -2.30. The van der Waals surface area contributed by atoms with Crippen LogP contribution in [0.4, 0.5) is 5.82 Å². The van der Waals surface area contributed by atoms with Crippen molar-refractivity contribution >= 4 is 33.3 Å². The highest BCUT2D eigenvalue weighted by atomic mass is 32.1. The SMILES string of the molecule is O=C(NNc1ncnc2sc3c(c12)CCCC3)c1ccccn1. The molecule has 1 aliphatic carbocycles. The summed E-state index contributed by atoms with van der Waals surface area (Å²) in [7, 11) is 0. The molecule has 0 bridgehead atoms. The van der Waals surface area contributed by atoms with Gasteiger partial charge >= 0.3 is 0 Å². The topological polar surface area (TPSA) is 79.8 Å². The van der Waals surface area contributed by atoms with Crippen molar-refractivity contribution in [3.63, 3.8) is 0 Å². The van der Waals surface area contributed by atoms with Gasteiger partial charge in [0.05, 0.1) is 5.39 Å². The molecule has 23 heavy (non-hydrogen) atoms. The number of pyridine rings is 1. The molecule has 0 spiro atoms. The van der Waals surface area contributed by atoms with E-state index < -0.39 is 0 Å². The molecule has 0 fully saturated rings. The van der Waals surface area contributed by atoms with Crippen molar-refractivity contribution < 1.29 is 4.79 Å². The highest BCUT2D eigenvalue weighted by Crippen LogP contribution is 2.37. The Labute approximate surface area is 137 Å². The predicted molar refractivity (Wildman–Crippen MR) is 89.4 cm³/mol. The van der Waals surface area contributed by atoms with Crippen LogP contribution in [0.25, 0.3) is 10.2 Å². The molecule has 3 heterocycles. The molecule has 0 aromatic carbocycles. The van der Waals surface area contributed by atoms with Crippen LogP contribution in [0.3, 0.4) is 0 Å². The summed E-state index contributed by atoms with van der Waals surface area (Å²) in [6, 6.07) is 5.22. The minimum Gasteiger partial charge on any atom is -0.281 e. The van der Waals surface area contributed by atoms with Crippen LogP contribution in [0.15, 0.2) is 30.7 Å². The number of rotatable bonds is 3. The zero-order valence-corrected chi connectivity index (χ0v) is 13.2. The summed E-state index contributed by atoms with van der Waals surface area (Å²) >= 11 is 1.73. The van der Waals surface area contributed by atoms with E-state index in [0.29, 0.717) is 11.5 Å². The van der Waals surface area contributed by atoms with Gasteiger partial charge in [-0.05, 0) is 43.4 Å². The van der Waals surface area contributed by atoms with Crippen LogP contribution < -0.4 is 10.9 Å². The number of carbonyl (C=O) groups is 1. The lowest BCUT2D eigenvalue weighted by molar-refractivity contribution is 0.0957. The van der Waals surface area contributed by atoms with E-state index in [-0.39, 0.29) is 5.91 Å². The van der Waals surface area contributed by atoms with Gasteiger partial charge < -0.3 is 0 Å². The molecule has 2 N–H and O–H groups in total. The van der Waals surface area contributed by atoms with Gasteiger partial charge in [-0.15, -0.1) is 11.3 Å². The molecule has 1 aliphatic rings. The zero-order valence-electron chi connectivity index (χ0n) is 12.4. The van der Waals surface area contributed by atoms with Crippen LogP contribution in [0.1, 0.15) is 33.8 Å². The van der Waals surface area contributed by atoms with Crippen LogP contribution in [0.2, 0.25) is 0 Å². The fourth-order valence-electron chi connectivity index (χ4n) is 2.86. The third-order valence-corrected chi connectivity index (χ3v) is 5.14. The smallest absolute Gasteiger partial charge is 0.281 e. The van der Waals surface area contributed by atoms with Gasteiger partial charge in [-0.2, -0.15) is 0 Å². The number of nitrogens with one attached hydrogen (secondary N) is 2. The second kappa shape index (κ2) is 5.92. The summed E-state index contributed by atoms with van der Waals surface area (Å²) in [6.45, 7) is 0. The number of hydrogen-bond acceptors (Lipinski definition) is 6. The Kier molecular flexibility index (Phi) is 3.63. The number of thiophene rings is 1. The Morgan fingerprint density at radius 3 is 2.91 bits per heavy atom. The summed E-state index contributed by atoms with van der Waals surface area (Å²) in [4.78, 5) is 27.2. The van der Waals surface area contributed by atoms with Crippen molar-refractivity contribution in [3.8, 4) is 0 Å². The number of anilines is 1. The van der Waals surface area contributed by atoms with Gasteiger partial charge in [-0.25, -0.2) is 9.97 Å². The van der Waals surface area contributed by atoms with E-state index in [2.05, 4.69) is 25.8 Å². The highest BCUT2D eigenvalue weighted by molar-refractivity contribution is 7.19. The molecule has 0 unspecified atom stereocenters. The number of nitrogens with zero attached hydrogens (tertiary/aromatic N) is 3. The molecule has 3 aromatic rings. The largest absolute Gasteiger partial charge is 0.288 e. The number of amides is 1. The Hall–Kier alpha value is -2.54. The third-order valence-electron chi connectivity index (χ3n) is 3.94. The van der Waals surface area contributed by atoms with Crippen molar-refractivity contribution in [1.29, 1.82) is 0 Å². The monoisotopic (exact) mass is 325 g/mol. The lowest BCUT2D eigenvalue weighted by Gasteiger charge is -2.12. The summed E-state index contributed by atoms with van der Waals surface area (Å²) in [6.07, 6.45) is 7.69. The maximum atomic E-state index is 12.1. The average molecular weight is 325 g/mol. The Morgan fingerprint density at radius 1 is 1.13 bits per heavy atom. The second-order valence-corrected chi connectivity index (χ2v) is 6.49. The molecule has 3 aromatic heterocycles. The van der Waals surface area contributed by atoms with Gasteiger partial charge in [0.1, 0.15) is 16.9 Å². The van der Waals surface area contributed by atoms with E-state index >= 15 is 0 Å². The highest BCUT2D eigenvalue weighted by Gasteiger charge is 2.20. The van der Waals surface area contributed by atoms with Gasteiger partial charge in [0.15, 0.2) is 5.82 Å². The van der Waals surface area contributed by atoms with E-state index in [1.54, 1.807) is 35.7 Å². The number of fused-ring (bicyclic) bond motifs is 3. The Bertz CT molecular complexity index is 862. The first-order valence-electron chi connectivity index (χ1n) is 7.55. The Balaban J connectivity index is 1.62.